The van der Waals surface area contributed by atoms with Gasteiger partial charge in [-0.1, -0.05) is 19.9 Å². The van der Waals surface area contributed by atoms with Gasteiger partial charge < -0.3 is 0 Å². The first-order chi connectivity index (χ1) is 9.79. The number of thiophene rings is 1. The Kier molecular flexibility index (Phi) is 4.06. The molecule has 3 heteroatoms. The zero-order valence-corrected chi connectivity index (χ0v) is 13.1. The van der Waals surface area contributed by atoms with Gasteiger partial charge in [-0.15, -0.1) is 0 Å². The summed E-state index contributed by atoms with van der Waals surface area (Å²) >= 11 is 1.78. The Hall–Kier alpha value is -1.35. The molecule has 0 bridgehead atoms. The van der Waals surface area contributed by atoms with Crippen LogP contribution in [0.3, 0.4) is 0 Å². The van der Waals surface area contributed by atoms with E-state index in [1.807, 2.05) is 0 Å². The molecule has 1 aliphatic rings. The lowest BCUT2D eigenvalue weighted by molar-refractivity contribution is 0.703. The number of nitrogens with one attached hydrogen (secondary N) is 1. The summed E-state index contributed by atoms with van der Waals surface area (Å²) in [7, 11) is 0. The number of nitrogens with zero attached hydrogens (tertiary/aromatic N) is 1. The smallest absolute Gasteiger partial charge is 0.0938 e. The van der Waals surface area contributed by atoms with E-state index in [-0.39, 0.29) is 0 Å². The van der Waals surface area contributed by atoms with Gasteiger partial charge in [0.05, 0.1) is 5.69 Å². The molecule has 0 fully saturated rings. The van der Waals surface area contributed by atoms with Crippen LogP contribution in [-0.2, 0) is 0 Å². The van der Waals surface area contributed by atoms with Crippen LogP contribution in [0.25, 0.3) is 16.8 Å². The Morgan fingerprint density at radius 1 is 1.30 bits per heavy atom. The van der Waals surface area contributed by atoms with Crippen molar-refractivity contribution in [1.82, 2.24) is 10.2 Å². The van der Waals surface area contributed by atoms with E-state index >= 15 is 0 Å². The maximum absolute atomic E-state index is 4.54. The summed E-state index contributed by atoms with van der Waals surface area (Å²) in [5.41, 5.74) is 6.56. The summed E-state index contributed by atoms with van der Waals surface area (Å²) in [6.07, 6.45) is 8.65. The lowest BCUT2D eigenvalue weighted by Gasteiger charge is -2.12. The minimum absolute atomic E-state index is 0.548. The first-order valence-electron chi connectivity index (χ1n) is 7.61. The maximum atomic E-state index is 4.54. The molecule has 0 saturated heterocycles. The summed E-state index contributed by atoms with van der Waals surface area (Å²) in [6.45, 7) is 4.46. The van der Waals surface area contributed by atoms with Gasteiger partial charge in [-0.3, -0.25) is 5.10 Å². The molecule has 1 atom stereocenters. The largest absolute Gasteiger partial charge is 0.282 e. The highest BCUT2D eigenvalue weighted by atomic mass is 32.1. The molecule has 2 aromatic heterocycles. The molecule has 20 heavy (non-hydrogen) atoms. The zero-order chi connectivity index (χ0) is 13.9. The molecule has 0 amide bonds. The van der Waals surface area contributed by atoms with E-state index in [0.29, 0.717) is 5.92 Å². The standard InChI is InChI=1S/C17H22N2S/c1-3-12(2)16-9-17(19-18-16)15-11-20-10-14(15)13-7-5-4-6-8-13/h7,9-12H,3-6,8H2,1-2H3,(H,18,19). The van der Waals surface area contributed by atoms with Crippen molar-refractivity contribution in [2.24, 2.45) is 0 Å². The predicted octanol–water partition coefficient (Wildman–Crippen LogP) is 5.61. The fraction of sp³-hybridized carbons (Fsp3) is 0.471. The van der Waals surface area contributed by atoms with Crippen molar-refractivity contribution in [1.29, 1.82) is 0 Å². The molecule has 1 aliphatic carbocycles. The second kappa shape index (κ2) is 5.96. The van der Waals surface area contributed by atoms with E-state index in [2.05, 4.69) is 46.9 Å². The summed E-state index contributed by atoms with van der Waals surface area (Å²) in [5.74, 6) is 0.548. The van der Waals surface area contributed by atoms with Crippen LogP contribution < -0.4 is 0 Å². The van der Waals surface area contributed by atoms with E-state index < -0.39 is 0 Å². The maximum Gasteiger partial charge on any atom is 0.0938 e. The lowest BCUT2D eigenvalue weighted by atomic mass is 9.92. The molecule has 0 aromatic carbocycles. The normalized spacial score (nSPS) is 17.0. The number of allylic oxidation sites excluding steroid dienone is 2. The van der Waals surface area contributed by atoms with Crippen molar-refractivity contribution in [3.8, 4) is 11.3 Å². The highest BCUT2D eigenvalue weighted by molar-refractivity contribution is 7.08. The molecule has 0 spiro atoms. The summed E-state index contributed by atoms with van der Waals surface area (Å²) < 4.78 is 0. The van der Waals surface area contributed by atoms with Crippen molar-refractivity contribution >= 4 is 16.9 Å². The lowest BCUT2D eigenvalue weighted by Crippen LogP contribution is -1.92. The summed E-state index contributed by atoms with van der Waals surface area (Å²) in [6, 6.07) is 2.23. The van der Waals surface area contributed by atoms with Crippen molar-refractivity contribution in [2.75, 3.05) is 0 Å². The SMILES string of the molecule is CCC(C)c1cc(-c2cscc2C2=CCCCC2)n[nH]1. The number of aromatic amines is 1. The Morgan fingerprint density at radius 2 is 2.15 bits per heavy atom. The van der Waals surface area contributed by atoms with Gasteiger partial charge in [0, 0.05) is 16.6 Å². The third-order valence-corrected chi connectivity index (χ3v) is 5.06. The number of H-pyrrole nitrogens is 1. The van der Waals surface area contributed by atoms with Crippen molar-refractivity contribution in [3.05, 3.63) is 34.2 Å². The number of hydrogen-bond donors (Lipinski definition) is 1. The first-order valence-corrected chi connectivity index (χ1v) is 8.55. The first kappa shape index (κ1) is 13.6. The van der Waals surface area contributed by atoms with Gasteiger partial charge in [-0.2, -0.15) is 16.4 Å². The van der Waals surface area contributed by atoms with Gasteiger partial charge in [0.1, 0.15) is 0 Å². The van der Waals surface area contributed by atoms with Crippen LogP contribution in [-0.4, -0.2) is 10.2 Å². The van der Waals surface area contributed by atoms with Gasteiger partial charge in [0.25, 0.3) is 0 Å². The number of rotatable bonds is 4. The minimum atomic E-state index is 0.548. The molecule has 3 rings (SSSR count). The quantitative estimate of drug-likeness (QED) is 0.777. The van der Waals surface area contributed by atoms with E-state index in [1.165, 1.54) is 48.1 Å². The van der Waals surface area contributed by atoms with Gasteiger partial charge in [-0.05, 0) is 60.6 Å². The van der Waals surface area contributed by atoms with Gasteiger partial charge in [0.15, 0.2) is 0 Å². The monoisotopic (exact) mass is 286 g/mol. The Labute approximate surface area is 124 Å². The van der Waals surface area contributed by atoms with Crippen molar-refractivity contribution in [3.63, 3.8) is 0 Å². The average molecular weight is 286 g/mol. The topological polar surface area (TPSA) is 28.7 Å². The minimum Gasteiger partial charge on any atom is -0.282 e. The van der Waals surface area contributed by atoms with E-state index in [1.54, 1.807) is 11.3 Å². The third-order valence-electron chi connectivity index (χ3n) is 4.32. The molecule has 1 unspecified atom stereocenters. The molecule has 0 radical (unpaired) electrons. The molecular weight excluding hydrogens is 264 g/mol. The highest BCUT2D eigenvalue weighted by Gasteiger charge is 2.16. The average Bonchev–Trinajstić information content (AvgIpc) is 3.15. The van der Waals surface area contributed by atoms with Crippen LogP contribution in [0.4, 0.5) is 0 Å². The van der Waals surface area contributed by atoms with Gasteiger partial charge >= 0.3 is 0 Å². The van der Waals surface area contributed by atoms with Crippen LogP contribution in [0.1, 0.15) is 63.1 Å². The molecule has 2 aromatic rings. The van der Waals surface area contributed by atoms with Crippen LogP contribution in [0, 0.1) is 0 Å². The molecule has 0 aliphatic heterocycles. The number of aromatic nitrogens is 2. The molecular formula is C17H22N2S. The van der Waals surface area contributed by atoms with Crippen molar-refractivity contribution < 1.29 is 0 Å². The van der Waals surface area contributed by atoms with E-state index in [0.717, 1.165) is 12.1 Å². The molecule has 106 valence electrons. The van der Waals surface area contributed by atoms with Crippen LogP contribution in [0.5, 0.6) is 0 Å². The fourth-order valence-electron chi connectivity index (χ4n) is 2.77. The Morgan fingerprint density at radius 3 is 2.90 bits per heavy atom. The van der Waals surface area contributed by atoms with Crippen LogP contribution in [0.15, 0.2) is 22.9 Å². The fourth-order valence-corrected chi connectivity index (χ4v) is 3.64. The van der Waals surface area contributed by atoms with E-state index in [4.69, 9.17) is 0 Å². The summed E-state index contributed by atoms with van der Waals surface area (Å²) in [4.78, 5) is 0. The zero-order valence-electron chi connectivity index (χ0n) is 12.3. The molecule has 2 nitrogen and oxygen atoms in total. The molecule has 0 saturated carbocycles. The van der Waals surface area contributed by atoms with Gasteiger partial charge in [-0.25, -0.2) is 0 Å². The van der Waals surface area contributed by atoms with Crippen LogP contribution in [0.2, 0.25) is 0 Å². The summed E-state index contributed by atoms with van der Waals surface area (Å²) in [5, 5.41) is 12.3. The second-order valence-corrected chi connectivity index (χ2v) is 6.44. The number of hydrogen-bond acceptors (Lipinski definition) is 2. The van der Waals surface area contributed by atoms with Crippen LogP contribution >= 0.6 is 11.3 Å². The molecule has 2 heterocycles. The Bertz CT molecular complexity index is 606. The third kappa shape index (κ3) is 2.59. The van der Waals surface area contributed by atoms with Crippen molar-refractivity contribution in [2.45, 2.75) is 51.9 Å². The Balaban J connectivity index is 1.93. The van der Waals surface area contributed by atoms with Gasteiger partial charge in [0.2, 0.25) is 0 Å². The second-order valence-electron chi connectivity index (χ2n) is 5.69. The van der Waals surface area contributed by atoms with E-state index in [9.17, 15) is 0 Å². The predicted molar refractivity (Wildman–Crippen MR) is 87.1 cm³/mol. The molecule has 1 N–H and O–H groups in total. The highest BCUT2D eigenvalue weighted by Crippen LogP contribution is 2.36.